The highest BCUT2D eigenvalue weighted by Crippen LogP contribution is 2.29. The van der Waals surface area contributed by atoms with Crippen molar-refractivity contribution in [3.8, 4) is 10.4 Å². The second-order valence-corrected chi connectivity index (χ2v) is 4.42. The first-order valence-corrected chi connectivity index (χ1v) is 5.88. The predicted octanol–water partition coefficient (Wildman–Crippen LogP) is 2.62. The smallest absolute Gasteiger partial charge is 0.0390 e. The summed E-state index contributed by atoms with van der Waals surface area (Å²) in [5.74, 6) is 0. The molecular formula is C12H14N2S. The van der Waals surface area contributed by atoms with Gasteiger partial charge in [0.1, 0.15) is 0 Å². The van der Waals surface area contributed by atoms with Gasteiger partial charge in [0, 0.05) is 22.3 Å². The number of pyridine rings is 1. The van der Waals surface area contributed by atoms with Crippen LogP contribution in [0.5, 0.6) is 0 Å². The summed E-state index contributed by atoms with van der Waals surface area (Å²) < 4.78 is 0. The molecule has 0 amide bonds. The van der Waals surface area contributed by atoms with Crippen LogP contribution >= 0.6 is 11.3 Å². The Bertz CT molecular complexity index is 431. The zero-order valence-corrected chi connectivity index (χ0v) is 9.55. The van der Waals surface area contributed by atoms with Crippen molar-refractivity contribution < 1.29 is 0 Å². The minimum absolute atomic E-state index is 0.697. The van der Waals surface area contributed by atoms with E-state index in [0.29, 0.717) is 6.54 Å². The van der Waals surface area contributed by atoms with Crippen LogP contribution in [0.3, 0.4) is 0 Å². The highest BCUT2D eigenvalue weighted by Gasteiger charge is 2.05. The second-order valence-electron chi connectivity index (χ2n) is 3.50. The van der Waals surface area contributed by atoms with Gasteiger partial charge in [-0.15, -0.1) is 11.3 Å². The van der Waals surface area contributed by atoms with Gasteiger partial charge < -0.3 is 5.73 Å². The van der Waals surface area contributed by atoms with Crippen LogP contribution < -0.4 is 5.73 Å². The summed E-state index contributed by atoms with van der Waals surface area (Å²) in [6, 6.07) is 6.31. The standard InChI is InChI=1S/C12H14N2S/c1-9-2-3-11(8-14-9)12-10(4-6-13)5-7-15-12/h2-3,5,7-8H,4,6,13H2,1H3. The van der Waals surface area contributed by atoms with E-state index in [9.17, 15) is 0 Å². The van der Waals surface area contributed by atoms with Crippen molar-refractivity contribution in [1.82, 2.24) is 4.98 Å². The van der Waals surface area contributed by atoms with Crippen molar-refractivity contribution in [2.75, 3.05) is 6.54 Å². The summed E-state index contributed by atoms with van der Waals surface area (Å²) in [6.07, 6.45) is 2.87. The highest BCUT2D eigenvalue weighted by molar-refractivity contribution is 7.13. The van der Waals surface area contributed by atoms with Crippen molar-refractivity contribution in [2.45, 2.75) is 13.3 Å². The van der Waals surface area contributed by atoms with Crippen LogP contribution in [0.15, 0.2) is 29.8 Å². The molecule has 0 saturated carbocycles. The van der Waals surface area contributed by atoms with Gasteiger partial charge in [-0.3, -0.25) is 4.98 Å². The molecule has 0 aliphatic carbocycles. The summed E-state index contributed by atoms with van der Waals surface area (Å²) in [5, 5.41) is 2.11. The molecule has 2 aromatic heterocycles. The average Bonchev–Trinajstić information content (AvgIpc) is 2.68. The third-order valence-corrected chi connectivity index (χ3v) is 3.34. The molecule has 0 aromatic carbocycles. The molecule has 0 bridgehead atoms. The van der Waals surface area contributed by atoms with Crippen molar-refractivity contribution in [1.29, 1.82) is 0 Å². The van der Waals surface area contributed by atoms with E-state index in [0.717, 1.165) is 12.1 Å². The third-order valence-electron chi connectivity index (χ3n) is 2.33. The first kappa shape index (κ1) is 10.3. The van der Waals surface area contributed by atoms with Crippen molar-refractivity contribution >= 4 is 11.3 Å². The van der Waals surface area contributed by atoms with E-state index in [1.165, 1.54) is 16.0 Å². The first-order chi connectivity index (χ1) is 7.31. The Hall–Kier alpha value is -1.19. The molecule has 15 heavy (non-hydrogen) atoms. The Morgan fingerprint density at radius 2 is 2.20 bits per heavy atom. The monoisotopic (exact) mass is 218 g/mol. The summed E-state index contributed by atoms with van der Waals surface area (Å²) in [6.45, 7) is 2.70. The first-order valence-electron chi connectivity index (χ1n) is 5.00. The van der Waals surface area contributed by atoms with Gasteiger partial charge >= 0.3 is 0 Å². The van der Waals surface area contributed by atoms with E-state index < -0.39 is 0 Å². The summed E-state index contributed by atoms with van der Waals surface area (Å²) in [7, 11) is 0. The average molecular weight is 218 g/mol. The number of hydrogen-bond acceptors (Lipinski definition) is 3. The van der Waals surface area contributed by atoms with Gasteiger partial charge in [0.2, 0.25) is 0 Å². The molecule has 0 spiro atoms. The topological polar surface area (TPSA) is 38.9 Å². The van der Waals surface area contributed by atoms with Gasteiger partial charge in [-0.1, -0.05) is 6.07 Å². The van der Waals surface area contributed by atoms with Crippen LogP contribution in [0.1, 0.15) is 11.3 Å². The lowest BCUT2D eigenvalue weighted by Gasteiger charge is -2.02. The fourth-order valence-corrected chi connectivity index (χ4v) is 2.49. The maximum Gasteiger partial charge on any atom is 0.0390 e. The number of aromatic nitrogens is 1. The Kier molecular flexibility index (Phi) is 3.14. The van der Waals surface area contributed by atoms with Gasteiger partial charge in [0.25, 0.3) is 0 Å². The van der Waals surface area contributed by atoms with Gasteiger partial charge in [-0.05, 0) is 43.0 Å². The fourth-order valence-electron chi connectivity index (χ4n) is 1.54. The quantitative estimate of drug-likeness (QED) is 0.860. The predicted molar refractivity (Wildman–Crippen MR) is 65.0 cm³/mol. The van der Waals surface area contributed by atoms with Crippen molar-refractivity contribution in [2.24, 2.45) is 5.73 Å². The van der Waals surface area contributed by atoms with E-state index in [1.54, 1.807) is 11.3 Å². The van der Waals surface area contributed by atoms with Gasteiger partial charge in [0.05, 0.1) is 0 Å². The molecule has 0 atom stereocenters. The molecule has 78 valence electrons. The molecule has 0 aliphatic heterocycles. The van der Waals surface area contributed by atoms with E-state index in [1.807, 2.05) is 19.2 Å². The fraction of sp³-hybridized carbons (Fsp3) is 0.250. The molecule has 3 heteroatoms. The Morgan fingerprint density at radius 3 is 2.87 bits per heavy atom. The molecule has 2 nitrogen and oxygen atoms in total. The van der Waals surface area contributed by atoms with Crippen LogP contribution in [0.2, 0.25) is 0 Å². The third kappa shape index (κ3) is 2.25. The van der Waals surface area contributed by atoms with Gasteiger partial charge in [-0.2, -0.15) is 0 Å². The number of hydrogen-bond donors (Lipinski definition) is 1. The molecule has 2 N–H and O–H groups in total. The lowest BCUT2D eigenvalue weighted by molar-refractivity contribution is 0.975. The van der Waals surface area contributed by atoms with E-state index in [2.05, 4.69) is 22.5 Å². The molecule has 2 heterocycles. The highest BCUT2D eigenvalue weighted by atomic mass is 32.1. The molecule has 0 unspecified atom stereocenters. The van der Waals surface area contributed by atoms with Crippen molar-refractivity contribution in [3.05, 3.63) is 41.0 Å². The van der Waals surface area contributed by atoms with Crippen LogP contribution in [0.25, 0.3) is 10.4 Å². The summed E-state index contributed by atoms with van der Waals surface area (Å²) in [4.78, 5) is 5.61. The molecule has 2 aromatic rings. The van der Waals surface area contributed by atoms with E-state index >= 15 is 0 Å². The number of aryl methyl sites for hydroxylation is 1. The summed E-state index contributed by atoms with van der Waals surface area (Å²) >= 11 is 1.75. The number of nitrogens with zero attached hydrogens (tertiary/aromatic N) is 1. The Balaban J connectivity index is 2.36. The van der Waals surface area contributed by atoms with Crippen LogP contribution in [0.4, 0.5) is 0 Å². The Morgan fingerprint density at radius 1 is 1.33 bits per heavy atom. The van der Waals surface area contributed by atoms with Crippen LogP contribution in [0, 0.1) is 6.92 Å². The van der Waals surface area contributed by atoms with Crippen LogP contribution in [-0.4, -0.2) is 11.5 Å². The molecule has 2 rings (SSSR count). The minimum atomic E-state index is 0.697. The zero-order chi connectivity index (χ0) is 10.7. The molecule has 0 fully saturated rings. The Labute approximate surface area is 93.8 Å². The number of thiophene rings is 1. The molecule has 0 aliphatic rings. The second kappa shape index (κ2) is 4.55. The maximum atomic E-state index is 5.58. The summed E-state index contributed by atoms with van der Waals surface area (Å²) in [5.41, 5.74) is 9.15. The molecular weight excluding hydrogens is 204 g/mol. The molecule has 0 saturated heterocycles. The van der Waals surface area contributed by atoms with Gasteiger partial charge in [-0.25, -0.2) is 0 Å². The van der Waals surface area contributed by atoms with E-state index in [-0.39, 0.29) is 0 Å². The minimum Gasteiger partial charge on any atom is -0.330 e. The maximum absolute atomic E-state index is 5.58. The lowest BCUT2D eigenvalue weighted by atomic mass is 10.1. The number of nitrogens with two attached hydrogens (primary N) is 1. The molecule has 0 radical (unpaired) electrons. The number of rotatable bonds is 3. The normalized spacial score (nSPS) is 10.5. The van der Waals surface area contributed by atoms with Crippen LogP contribution in [-0.2, 0) is 6.42 Å². The van der Waals surface area contributed by atoms with Gasteiger partial charge in [0.15, 0.2) is 0 Å². The zero-order valence-electron chi connectivity index (χ0n) is 8.73. The SMILES string of the molecule is Cc1ccc(-c2sccc2CCN)cn1. The van der Waals surface area contributed by atoms with E-state index in [4.69, 9.17) is 5.73 Å². The largest absolute Gasteiger partial charge is 0.330 e. The lowest BCUT2D eigenvalue weighted by Crippen LogP contribution is -2.02. The van der Waals surface area contributed by atoms with Crippen molar-refractivity contribution in [3.63, 3.8) is 0 Å².